The van der Waals surface area contributed by atoms with Gasteiger partial charge in [-0.2, -0.15) is 0 Å². The van der Waals surface area contributed by atoms with Crippen LogP contribution >= 0.6 is 24.8 Å². The minimum atomic E-state index is 0. The summed E-state index contributed by atoms with van der Waals surface area (Å²) >= 11 is 0. The third kappa shape index (κ3) is 5.08. The summed E-state index contributed by atoms with van der Waals surface area (Å²) in [5.74, 6) is 0.838. The van der Waals surface area contributed by atoms with E-state index in [1.807, 2.05) is 11.0 Å². The molecule has 6 heteroatoms. The zero-order chi connectivity index (χ0) is 14.8. The summed E-state index contributed by atoms with van der Waals surface area (Å²) in [6.07, 6.45) is 2.24. The molecule has 0 radical (unpaired) electrons. The number of nitrogens with one attached hydrogen (secondary N) is 1. The second-order valence-electron chi connectivity index (χ2n) is 6.49. The van der Waals surface area contributed by atoms with Gasteiger partial charge in [-0.05, 0) is 32.5 Å². The van der Waals surface area contributed by atoms with E-state index in [9.17, 15) is 4.79 Å². The van der Waals surface area contributed by atoms with E-state index in [1.165, 1.54) is 5.56 Å². The Balaban J connectivity index is 0.00000132. The van der Waals surface area contributed by atoms with Gasteiger partial charge in [-0.1, -0.05) is 30.3 Å². The molecule has 1 saturated carbocycles. The van der Waals surface area contributed by atoms with Gasteiger partial charge in [0, 0.05) is 31.1 Å². The van der Waals surface area contributed by atoms with E-state index >= 15 is 0 Å². The number of carbonyl (C=O) groups is 1. The lowest BCUT2D eigenvalue weighted by atomic mass is 10.1. The van der Waals surface area contributed by atoms with E-state index < -0.39 is 0 Å². The van der Waals surface area contributed by atoms with Crippen molar-refractivity contribution in [1.82, 2.24) is 15.1 Å². The molecule has 0 aromatic heterocycles. The second kappa shape index (κ2) is 8.88. The molecule has 1 aliphatic carbocycles. The van der Waals surface area contributed by atoms with Gasteiger partial charge < -0.3 is 15.1 Å². The molecule has 130 valence electrons. The Kier molecular flexibility index (Phi) is 7.81. The van der Waals surface area contributed by atoms with Gasteiger partial charge in [-0.3, -0.25) is 4.79 Å². The van der Waals surface area contributed by atoms with Gasteiger partial charge in [0.15, 0.2) is 0 Å². The predicted molar refractivity (Wildman–Crippen MR) is 98.8 cm³/mol. The van der Waals surface area contributed by atoms with Crippen molar-refractivity contribution < 1.29 is 4.79 Å². The quantitative estimate of drug-likeness (QED) is 0.874. The number of amides is 1. The minimum Gasteiger partial charge on any atom is -0.340 e. The summed E-state index contributed by atoms with van der Waals surface area (Å²) in [7, 11) is 4.18. The summed E-state index contributed by atoms with van der Waals surface area (Å²) in [6, 6.07) is 11.6. The summed E-state index contributed by atoms with van der Waals surface area (Å²) < 4.78 is 0. The Morgan fingerprint density at radius 3 is 2.57 bits per heavy atom. The Hall–Kier alpha value is -0.810. The molecule has 3 atom stereocenters. The third-order valence-electron chi connectivity index (χ3n) is 4.78. The van der Waals surface area contributed by atoms with Crippen molar-refractivity contribution in [1.29, 1.82) is 0 Å². The minimum absolute atomic E-state index is 0. The molecule has 23 heavy (non-hydrogen) atoms. The fourth-order valence-corrected chi connectivity index (χ4v) is 3.21. The monoisotopic (exact) mass is 359 g/mol. The fourth-order valence-electron chi connectivity index (χ4n) is 3.21. The number of nitrogens with zero attached hydrogens (tertiary/aromatic N) is 2. The van der Waals surface area contributed by atoms with E-state index in [0.29, 0.717) is 24.5 Å². The van der Waals surface area contributed by atoms with Crippen LogP contribution in [0.1, 0.15) is 24.3 Å². The fraction of sp³-hybridized carbons (Fsp3) is 0.588. The number of hydrogen-bond acceptors (Lipinski definition) is 3. The molecule has 1 heterocycles. The lowest BCUT2D eigenvalue weighted by molar-refractivity contribution is -0.129. The smallest absolute Gasteiger partial charge is 0.236 e. The van der Waals surface area contributed by atoms with Crippen LogP contribution in [-0.2, 0) is 4.79 Å². The van der Waals surface area contributed by atoms with E-state index in [4.69, 9.17) is 0 Å². The molecule has 1 aromatic rings. The lowest BCUT2D eigenvalue weighted by Gasteiger charge is -2.20. The van der Waals surface area contributed by atoms with Crippen LogP contribution in [0.2, 0.25) is 0 Å². The Labute approximate surface area is 151 Å². The van der Waals surface area contributed by atoms with E-state index in [2.05, 4.69) is 48.6 Å². The molecule has 1 aliphatic heterocycles. The number of likely N-dealkylation sites (tertiary alicyclic amines) is 1. The van der Waals surface area contributed by atoms with Gasteiger partial charge in [0.2, 0.25) is 5.91 Å². The van der Waals surface area contributed by atoms with Gasteiger partial charge in [0.05, 0.1) is 6.54 Å². The molecule has 4 nitrogen and oxygen atoms in total. The van der Waals surface area contributed by atoms with Gasteiger partial charge in [-0.25, -0.2) is 0 Å². The van der Waals surface area contributed by atoms with Crippen LogP contribution in [0, 0.1) is 0 Å². The molecule has 1 amide bonds. The number of halogens is 2. The average Bonchev–Trinajstić information content (AvgIpc) is 3.09. The lowest BCUT2D eigenvalue weighted by Crippen LogP contribution is -2.39. The van der Waals surface area contributed by atoms with Crippen molar-refractivity contribution in [3.05, 3.63) is 35.9 Å². The second-order valence-corrected chi connectivity index (χ2v) is 6.49. The van der Waals surface area contributed by atoms with Gasteiger partial charge in [0.1, 0.15) is 0 Å². The molecule has 1 saturated heterocycles. The zero-order valence-corrected chi connectivity index (χ0v) is 15.4. The molecular weight excluding hydrogens is 333 g/mol. The number of likely N-dealkylation sites (N-methyl/N-ethyl adjacent to an activating group) is 1. The zero-order valence-electron chi connectivity index (χ0n) is 13.8. The van der Waals surface area contributed by atoms with E-state index in [0.717, 1.165) is 25.9 Å². The van der Waals surface area contributed by atoms with Crippen LogP contribution in [0.4, 0.5) is 0 Å². The van der Waals surface area contributed by atoms with Crippen molar-refractivity contribution in [2.45, 2.75) is 30.8 Å². The van der Waals surface area contributed by atoms with Crippen molar-refractivity contribution in [2.24, 2.45) is 0 Å². The number of rotatable bonds is 5. The van der Waals surface area contributed by atoms with Gasteiger partial charge in [0.25, 0.3) is 0 Å². The maximum absolute atomic E-state index is 12.2. The summed E-state index contributed by atoms with van der Waals surface area (Å²) in [6.45, 7) is 2.25. The van der Waals surface area contributed by atoms with Gasteiger partial charge in [-0.15, -0.1) is 24.8 Å². The first-order valence-corrected chi connectivity index (χ1v) is 7.87. The van der Waals surface area contributed by atoms with Crippen LogP contribution < -0.4 is 5.32 Å². The average molecular weight is 360 g/mol. The van der Waals surface area contributed by atoms with Crippen LogP contribution in [0.3, 0.4) is 0 Å². The maximum atomic E-state index is 12.2. The van der Waals surface area contributed by atoms with Crippen LogP contribution in [0.5, 0.6) is 0 Å². The molecule has 2 fully saturated rings. The first-order chi connectivity index (χ1) is 10.1. The highest BCUT2D eigenvalue weighted by molar-refractivity contribution is 5.85. The number of hydrogen-bond donors (Lipinski definition) is 1. The number of carbonyl (C=O) groups excluding carboxylic acids is 1. The summed E-state index contributed by atoms with van der Waals surface area (Å²) in [5.41, 5.74) is 1.39. The molecular formula is C17H27Cl2N3O. The molecule has 0 spiro atoms. The molecule has 1 N–H and O–H groups in total. The topological polar surface area (TPSA) is 35.6 Å². The highest BCUT2D eigenvalue weighted by Gasteiger charge is 2.38. The summed E-state index contributed by atoms with van der Waals surface area (Å²) in [5, 5.41) is 3.42. The molecule has 1 aromatic carbocycles. The largest absolute Gasteiger partial charge is 0.340 e. The third-order valence-corrected chi connectivity index (χ3v) is 4.78. The molecule has 2 aliphatic rings. The summed E-state index contributed by atoms with van der Waals surface area (Å²) in [4.78, 5) is 16.4. The Morgan fingerprint density at radius 1 is 1.26 bits per heavy atom. The van der Waals surface area contributed by atoms with Gasteiger partial charge >= 0.3 is 0 Å². The molecule has 3 rings (SSSR count). The maximum Gasteiger partial charge on any atom is 0.236 e. The molecule has 1 unspecified atom stereocenters. The van der Waals surface area contributed by atoms with Crippen LogP contribution in [0.15, 0.2) is 30.3 Å². The Bertz CT molecular complexity index is 498. The van der Waals surface area contributed by atoms with E-state index in [1.54, 1.807) is 0 Å². The van der Waals surface area contributed by atoms with Crippen molar-refractivity contribution in [3.8, 4) is 0 Å². The highest BCUT2D eigenvalue weighted by Crippen LogP contribution is 2.40. The number of benzene rings is 1. The Morgan fingerprint density at radius 2 is 1.96 bits per heavy atom. The predicted octanol–water partition coefficient (Wildman–Crippen LogP) is 2.14. The molecule has 0 bridgehead atoms. The van der Waals surface area contributed by atoms with Crippen molar-refractivity contribution in [2.75, 3.05) is 33.7 Å². The first-order valence-electron chi connectivity index (χ1n) is 7.87. The normalized spacial score (nSPS) is 25.7. The van der Waals surface area contributed by atoms with Crippen molar-refractivity contribution >= 4 is 30.7 Å². The highest BCUT2D eigenvalue weighted by atomic mass is 35.5. The van der Waals surface area contributed by atoms with Crippen LogP contribution in [0.25, 0.3) is 0 Å². The van der Waals surface area contributed by atoms with Crippen molar-refractivity contribution in [3.63, 3.8) is 0 Å². The van der Waals surface area contributed by atoms with E-state index in [-0.39, 0.29) is 30.7 Å². The first kappa shape index (κ1) is 20.2. The van der Waals surface area contributed by atoms with Crippen LogP contribution in [-0.4, -0.2) is 61.5 Å². The SMILES string of the molecule is CN(C)[C@@H]1CCN(C(=O)CN[C@H]2CC2c2ccccc2)C1.Cl.Cl. The standard InChI is InChI=1S/C17H25N3O.2ClH/c1-19(2)14-8-9-20(12-14)17(21)11-18-16-10-15(16)13-6-4-3-5-7-13;;/h3-7,14-16,18H,8-12H2,1-2H3;2*1H/t14-,15?,16+;;/m1../s1.